The second-order valence-electron chi connectivity index (χ2n) is 4.78. The Morgan fingerprint density at radius 1 is 1.24 bits per heavy atom. The summed E-state index contributed by atoms with van der Waals surface area (Å²) in [6.07, 6.45) is 2.18. The molecule has 0 saturated carbocycles. The maximum absolute atomic E-state index is 11.7. The Kier molecular flexibility index (Phi) is 5.68. The van der Waals surface area contributed by atoms with Crippen LogP contribution in [0.15, 0.2) is 18.2 Å². The predicted octanol–water partition coefficient (Wildman–Crippen LogP) is 1.38. The van der Waals surface area contributed by atoms with Gasteiger partial charge in [0.25, 0.3) is 5.91 Å². The van der Waals surface area contributed by atoms with E-state index in [0.717, 1.165) is 19.4 Å². The molecule has 116 valence electrons. The zero-order valence-corrected chi connectivity index (χ0v) is 12.4. The fourth-order valence-electron chi connectivity index (χ4n) is 2.10. The van der Waals surface area contributed by atoms with E-state index >= 15 is 0 Å². The highest BCUT2D eigenvalue weighted by molar-refractivity contribution is 5.77. The molecule has 6 heteroatoms. The first-order valence-electron chi connectivity index (χ1n) is 6.95. The second kappa shape index (κ2) is 7.73. The molecule has 0 bridgehead atoms. The Morgan fingerprint density at radius 3 is 2.48 bits per heavy atom. The number of rotatable bonds is 7. The number of ether oxygens (including phenoxy) is 4. The lowest BCUT2D eigenvalue weighted by Crippen LogP contribution is -2.35. The van der Waals surface area contributed by atoms with Crippen molar-refractivity contribution in [2.45, 2.75) is 18.9 Å². The molecule has 0 aromatic heterocycles. The van der Waals surface area contributed by atoms with Gasteiger partial charge in [-0.1, -0.05) is 0 Å². The van der Waals surface area contributed by atoms with Gasteiger partial charge in [0.15, 0.2) is 6.61 Å². The number of methoxy groups -OCH3 is 2. The molecule has 0 radical (unpaired) electrons. The molecule has 2 rings (SSSR count). The highest BCUT2D eigenvalue weighted by atomic mass is 16.5. The van der Waals surface area contributed by atoms with E-state index in [-0.39, 0.29) is 18.6 Å². The smallest absolute Gasteiger partial charge is 0.258 e. The molecule has 1 aromatic rings. The second-order valence-corrected chi connectivity index (χ2v) is 4.78. The van der Waals surface area contributed by atoms with Crippen LogP contribution >= 0.6 is 0 Å². The summed E-state index contributed by atoms with van der Waals surface area (Å²) in [6.45, 7) is 1.26. The fraction of sp³-hybridized carbons (Fsp3) is 0.533. The molecular formula is C15H21NO5. The van der Waals surface area contributed by atoms with E-state index in [9.17, 15) is 4.79 Å². The van der Waals surface area contributed by atoms with Crippen LogP contribution in [-0.2, 0) is 9.53 Å². The maximum atomic E-state index is 11.7. The summed E-state index contributed by atoms with van der Waals surface area (Å²) in [7, 11) is 3.12. The van der Waals surface area contributed by atoms with Crippen LogP contribution in [-0.4, -0.2) is 46.0 Å². The summed E-state index contributed by atoms with van der Waals surface area (Å²) >= 11 is 0. The molecule has 0 aliphatic carbocycles. The molecule has 1 amide bonds. The Bertz CT molecular complexity index is 449. The molecule has 6 nitrogen and oxygen atoms in total. The number of carbonyl (C=O) groups is 1. The number of benzene rings is 1. The summed E-state index contributed by atoms with van der Waals surface area (Å²) in [5.41, 5.74) is 0. The van der Waals surface area contributed by atoms with Crippen molar-refractivity contribution in [2.24, 2.45) is 0 Å². The lowest BCUT2D eigenvalue weighted by atomic mass is 10.2. The topological polar surface area (TPSA) is 66.0 Å². The van der Waals surface area contributed by atoms with Gasteiger partial charge in [0.05, 0.1) is 20.3 Å². The third-order valence-corrected chi connectivity index (χ3v) is 3.25. The number of carbonyl (C=O) groups excluding carboxylic acids is 1. The molecule has 1 saturated heterocycles. The highest BCUT2D eigenvalue weighted by Crippen LogP contribution is 2.27. The van der Waals surface area contributed by atoms with Crippen molar-refractivity contribution in [1.82, 2.24) is 5.32 Å². The first-order chi connectivity index (χ1) is 10.2. The molecule has 1 aromatic carbocycles. The van der Waals surface area contributed by atoms with Gasteiger partial charge in [0.1, 0.15) is 17.2 Å². The molecule has 1 aliphatic heterocycles. The van der Waals surface area contributed by atoms with Gasteiger partial charge in [0.2, 0.25) is 0 Å². The molecular weight excluding hydrogens is 274 g/mol. The van der Waals surface area contributed by atoms with Crippen LogP contribution in [0.25, 0.3) is 0 Å². The molecule has 21 heavy (non-hydrogen) atoms. The average Bonchev–Trinajstić information content (AvgIpc) is 3.03. The molecule has 1 heterocycles. The monoisotopic (exact) mass is 295 g/mol. The summed E-state index contributed by atoms with van der Waals surface area (Å²) < 4.78 is 21.2. The SMILES string of the molecule is COc1cc(OC)cc(OCC(=O)NCC2CCCO2)c1. The van der Waals surface area contributed by atoms with E-state index in [0.29, 0.717) is 23.8 Å². The third-order valence-electron chi connectivity index (χ3n) is 3.25. The number of amides is 1. The first kappa shape index (κ1) is 15.4. The standard InChI is InChI=1S/C15H21NO5/c1-18-12-6-13(19-2)8-14(7-12)21-10-15(17)16-9-11-4-3-5-20-11/h6-8,11H,3-5,9-10H2,1-2H3,(H,16,17). The lowest BCUT2D eigenvalue weighted by Gasteiger charge is -2.12. The van der Waals surface area contributed by atoms with Crippen molar-refractivity contribution >= 4 is 5.91 Å². The Hall–Kier alpha value is -1.95. The van der Waals surface area contributed by atoms with E-state index in [2.05, 4.69) is 5.32 Å². The van der Waals surface area contributed by atoms with Crippen molar-refractivity contribution < 1.29 is 23.7 Å². The van der Waals surface area contributed by atoms with Crippen LogP contribution < -0.4 is 19.5 Å². The molecule has 1 N–H and O–H groups in total. The van der Waals surface area contributed by atoms with Crippen molar-refractivity contribution in [3.8, 4) is 17.2 Å². The van der Waals surface area contributed by atoms with Gasteiger partial charge in [-0.15, -0.1) is 0 Å². The van der Waals surface area contributed by atoms with Gasteiger partial charge in [-0.25, -0.2) is 0 Å². The van der Waals surface area contributed by atoms with Gasteiger partial charge >= 0.3 is 0 Å². The quantitative estimate of drug-likeness (QED) is 0.823. The Labute approximate surface area is 124 Å². The maximum Gasteiger partial charge on any atom is 0.258 e. The molecule has 1 fully saturated rings. The molecule has 1 atom stereocenters. The summed E-state index contributed by atoms with van der Waals surface area (Å²) in [4.78, 5) is 11.7. The van der Waals surface area contributed by atoms with Gasteiger partial charge < -0.3 is 24.3 Å². The van der Waals surface area contributed by atoms with E-state index in [1.165, 1.54) is 0 Å². The van der Waals surface area contributed by atoms with Crippen LogP contribution in [0.5, 0.6) is 17.2 Å². The minimum atomic E-state index is -0.174. The lowest BCUT2D eigenvalue weighted by molar-refractivity contribution is -0.123. The predicted molar refractivity (Wildman–Crippen MR) is 77.0 cm³/mol. The number of hydrogen-bond donors (Lipinski definition) is 1. The van der Waals surface area contributed by atoms with Gasteiger partial charge in [-0.3, -0.25) is 4.79 Å². The van der Waals surface area contributed by atoms with Crippen molar-refractivity contribution in [3.05, 3.63) is 18.2 Å². The van der Waals surface area contributed by atoms with E-state index in [4.69, 9.17) is 18.9 Å². The van der Waals surface area contributed by atoms with E-state index in [1.54, 1.807) is 32.4 Å². The number of hydrogen-bond acceptors (Lipinski definition) is 5. The van der Waals surface area contributed by atoms with Crippen LogP contribution in [0.1, 0.15) is 12.8 Å². The van der Waals surface area contributed by atoms with Crippen molar-refractivity contribution in [1.29, 1.82) is 0 Å². The molecule has 0 spiro atoms. The zero-order valence-electron chi connectivity index (χ0n) is 12.4. The van der Waals surface area contributed by atoms with Gasteiger partial charge in [-0.05, 0) is 12.8 Å². The summed E-state index contributed by atoms with van der Waals surface area (Å²) in [6, 6.07) is 5.15. The van der Waals surface area contributed by atoms with Gasteiger partial charge in [0, 0.05) is 31.4 Å². The van der Waals surface area contributed by atoms with Crippen LogP contribution in [0.4, 0.5) is 0 Å². The fourth-order valence-corrected chi connectivity index (χ4v) is 2.10. The minimum absolute atomic E-state index is 0.0525. The first-order valence-corrected chi connectivity index (χ1v) is 6.95. The Morgan fingerprint density at radius 2 is 1.90 bits per heavy atom. The average molecular weight is 295 g/mol. The highest BCUT2D eigenvalue weighted by Gasteiger charge is 2.16. The van der Waals surface area contributed by atoms with Crippen LogP contribution in [0.3, 0.4) is 0 Å². The van der Waals surface area contributed by atoms with Crippen molar-refractivity contribution in [3.63, 3.8) is 0 Å². The number of nitrogens with one attached hydrogen (secondary N) is 1. The minimum Gasteiger partial charge on any atom is -0.496 e. The summed E-state index contributed by atoms with van der Waals surface area (Å²) in [5.74, 6) is 1.58. The molecule has 1 aliphatic rings. The molecule has 1 unspecified atom stereocenters. The normalized spacial score (nSPS) is 17.3. The zero-order chi connectivity index (χ0) is 15.1. The van der Waals surface area contributed by atoms with Crippen LogP contribution in [0, 0.1) is 0 Å². The van der Waals surface area contributed by atoms with Crippen LogP contribution in [0.2, 0.25) is 0 Å². The van der Waals surface area contributed by atoms with E-state index in [1.807, 2.05) is 0 Å². The largest absolute Gasteiger partial charge is 0.496 e. The van der Waals surface area contributed by atoms with E-state index < -0.39 is 0 Å². The van der Waals surface area contributed by atoms with Gasteiger partial charge in [-0.2, -0.15) is 0 Å². The third kappa shape index (κ3) is 4.82. The van der Waals surface area contributed by atoms with Crippen molar-refractivity contribution in [2.75, 3.05) is 34.0 Å². The Balaban J connectivity index is 1.79. The summed E-state index contributed by atoms with van der Waals surface area (Å²) in [5, 5.41) is 2.80.